The van der Waals surface area contributed by atoms with Gasteiger partial charge < -0.3 is 19.7 Å². The summed E-state index contributed by atoms with van der Waals surface area (Å²) in [6.07, 6.45) is 6.92. The molecule has 0 saturated heterocycles. The van der Waals surface area contributed by atoms with Crippen molar-refractivity contribution in [2.45, 2.75) is 44.9 Å². The number of nitrogens with one attached hydrogen (secondary N) is 1. The first-order valence-electron chi connectivity index (χ1n) is 11.4. The molecule has 2 amide bonds. The number of benzene rings is 2. The summed E-state index contributed by atoms with van der Waals surface area (Å²) in [5.74, 6) is 1.51. The molecule has 1 saturated carbocycles. The van der Waals surface area contributed by atoms with Crippen molar-refractivity contribution in [3.05, 3.63) is 47.5 Å². The van der Waals surface area contributed by atoms with E-state index in [1.165, 1.54) is 6.42 Å². The van der Waals surface area contributed by atoms with Crippen LogP contribution in [0.4, 0.5) is 11.4 Å². The smallest absolute Gasteiger partial charge is 0.265 e. The van der Waals surface area contributed by atoms with Crippen LogP contribution in [-0.4, -0.2) is 31.6 Å². The lowest BCUT2D eigenvalue weighted by Gasteiger charge is -2.30. The number of anilines is 2. The average molecular weight is 457 g/mol. The topological polar surface area (TPSA) is 67.9 Å². The number of rotatable bonds is 8. The molecular weight excluding hydrogens is 428 g/mol. The van der Waals surface area contributed by atoms with E-state index < -0.39 is 0 Å². The largest absolute Gasteiger partial charge is 0.494 e. The number of hydrogen-bond acceptors (Lipinski definition) is 4. The van der Waals surface area contributed by atoms with Crippen molar-refractivity contribution < 1.29 is 19.1 Å². The van der Waals surface area contributed by atoms with Gasteiger partial charge in [0.25, 0.3) is 5.91 Å². The van der Waals surface area contributed by atoms with Gasteiger partial charge >= 0.3 is 0 Å². The van der Waals surface area contributed by atoms with Crippen LogP contribution < -0.4 is 19.7 Å². The first-order chi connectivity index (χ1) is 15.6. The second kappa shape index (κ2) is 10.7. The summed E-state index contributed by atoms with van der Waals surface area (Å²) in [6, 6.07) is 12.8. The quantitative estimate of drug-likeness (QED) is 0.537. The maximum Gasteiger partial charge on any atom is 0.265 e. The predicted octanol–water partition coefficient (Wildman–Crippen LogP) is 5.44. The Balaban J connectivity index is 1.33. The Kier molecular flexibility index (Phi) is 7.53. The number of unbranched alkanes of at least 4 members (excludes halogenated alkanes) is 1. The highest BCUT2D eigenvalue weighted by atomic mass is 35.5. The molecule has 170 valence electrons. The number of halogens is 1. The summed E-state index contributed by atoms with van der Waals surface area (Å²) in [4.78, 5) is 26.9. The zero-order valence-corrected chi connectivity index (χ0v) is 18.9. The molecule has 32 heavy (non-hydrogen) atoms. The van der Waals surface area contributed by atoms with E-state index in [9.17, 15) is 9.59 Å². The third-order valence-electron chi connectivity index (χ3n) is 6.00. The molecule has 0 radical (unpaired) electrons. The summed E-state index contributed by atoms with van der Waals surface area (Å²) < 4.78 is 11.3. The minimum absolute atomic E-state index is 0.0298. The molecule has 0 unspecified atom stereocenters. The fourth-order valence-electron chi connectivity index (χ4n) is 4.23. The van der Waals surface area contributed by atoms with Gasteiger partial charge in [0.1, 0.15) is 11.5 Å². The Hall–Kier alpha value is -2.73. The molecule has 2 aromatic rings. The van der Waals surface area contributed by atoms with Crippen LogP contribution >= 0.6 is 11.6 Å². The zero-order chi connectivity index (χ0) is 22.3. The lowest BCUT2D eigenvalue weighted by molar-refractivity contribution is -0.121. The van der Waals surface area contributed by atoms with Gasteiger partial charge in [-0.1, -0.05) is 30.9 Å². The molecule has 0 aromatic heterocycles. The van der Waals surface area contributed by atoms with Gasteiger partial charge in [-0.05, 0) is 68.1 Å². The van der Waals surface area contributed by atoms with Gasteiger partial charge in [0, 0.05) is 23.2 Å². The van der Waals surface area contributed by atoms with Crippen LogP contribution in [0, 0.1) is 5.92 Å². The lowest BCUT2D eigenvalue weighted by Crippen LogP contribution is -2.39. The van der Waals surface area contributed by atoms with Gasteiger partial charge in [0.2, 0.25) is 5.91 Å². The predicted molar refractivity (Wildman–Crippen MR) is 126 cm³/mol. The van der Waals surface area contributed by atoms with Gasteiger partial charge in [-0.25, -0.2) is 0 Å². The fraction of sp³-hybridized carbons (Fsp3) is 0.440. The third-order valence-corrected chi connectivity index (χ3v) is 6.26. The van der Waals surface area contributed by atoms with Crippen LogP contribution in [0.5, 0.6) is 11.5 Å². The molecule has 7 heteroatoms. The summed E-state index contributed by atoms with van der Waals surface area (Å²) in [5, 5.41) is 3.71. The molecule has 6 nitrogen and oxygen atoms in total. The maximum absolute atomic E-state index is 12.6. The average Bonchev–Trinajstić information content (AvgIpc) is 2.82. The molecular formula is C25H29ClN2O4. The molecule has 0 spiro atoms. The van der Waals surface area contributed by atoms with Crippen molar-refractivity contribution in [1.29, 1.82) is 0 Å². The number of ether oxygens (including phenoxy) is 2. The van der Waals surface area contributed by atoms with E-state index in [1.54, 1.807) is 17.0 Å². The van der Waals surface area contributed by atoms with Crippen molar-refractivity contribution >= 4 is 34.8 Å². The van der Waals surface area contributed by atoms with Crippen LogP contribution in [0.2, 0.25) is 5.02 Å². The molecule has 2 aliphatic rings. The van der Waals surface area contributed by atoms with E-state index in [2.05, 4.69) is 5.32 Å². The van der Waals surface area contributed by atoms with Gasteiger partial charge in [-0.3, -0.25) is 9.59 Å². The summed E-state index contributed by atoms with van der Waals surface area (Å²) >= 11 is 5.89. The number of amides is 2. The van der Waals surface area contributed by atoms with Crippen LogP contribution in [0.15, 0.2) is 42.5 Å². The Labute approximate surface area is 193 Å². The summed E-state index contributed by atoms with van der Waals surface area (Å²) in [6.45, 7) is 1.16. The van der Waals surface area contributed by atoms with Gasteiger partial charge in [-0.15, -0.1) is 0 Å². The first-order valence-corrected chi connectivity index (χ1v) is 11.7. The Morgan fingerprint density at radius 2 is 1.88 bits per heavy atom. The fourth-order valence-corrected chi connectivity index (χ4v) is 4.35. The van der Waals surface area contributed by atoms with Crippen molar-refractivity contribution in [2.75, 3.05) is 30.0 Å². The van der Waals surface area contributed by atoms with Gasteiger partial charge in [0.15, 0.2) is 6.61 Å². The van der Waals surface area contributed by atoms with E-state index in [1.807, 2.05) is 30.3 Å². The minimum atomic E-state index is -0.0770. The van der Waals surface area contributed by atoms with E-state index in [-0.39, 0.29) is 24.3 Å². The summed E-state index contributed by atoms with van der Waals surface area (Å²) in [5.41, 5.74) is 1.41. The number of carbonyl (C=O) groups is 2. The number of nitrogens with zero attached hydrogens (tertiary/aromatic N) is 1. The molecule has 1 heterocycles. The summed E-state index contributed by atoms with van der Waals surface area (Å²) in [7, 11) is 0. The molecule has 0 bridgehead atoms. The van der Waals surface area contributed by atoms with Gasteiger partial charge in [0.05, 0.1) is 12.3 Å². The van der Waals surface area contributed by atoms with E-state index in [0.29, 0.717) is 35.3 Å². The van der Waals surface area contributed by atoms with Crippen molar-refractivity contribution in [3.63, 3.8) is 0 Å². The lowest BCUT2D eigenvalue weighted by atomic mass is 9.88. The second-order valence-electron chi connectivity index (χ2n) is 8.35. The maximum atomic E-state index is 12.6. The standard InChI is InChI=1S/C25H29ClN2O4/c26-19-8-11-21(12-9-19)31-15-5-4-14-28-22-16-20(10-13-23(22)32-17-24(28)29)27-25(30)18-6-2-1-3-7-18/h8-13,16,18H,1-7,14-15,17H2,(H,27,30). The minimum Gasteiger partial charge on any atom is -0.494 e. The van der Waals surface area contributed by atoms with Crippen LogP contribution in [-0.2, 0) is 9.59 Å². The molecule has 1 aliphatic carbocycles. The van der Waals surface area contributed by atoms with Crippen molar-refractivity contribution in [2.24, 2.45) is 5.92 Å². The first kappa shape index (κ1) is 22.5. The van der Waals surface area contributed by atoms with Crippen LogP contribution in [0.25, 0.3) is 0 Å². The molecule has 1 aliphatic heterocycles. The van der Waals surface area contributed by atoms with Crippen LogP contribution in [0.1, 0.15) is 44.9 Å². The molecule has 4 rings (SSSR count). The number of fused-ring (bicyclic) bond motifs is 1. The van der Waals surface area contributed by atoms with Gasteiger partial charge in [-0.2, -0.15) is 0 Å². The second-order valence-corrected chi connectivity index (χ2v) is 8.79. The number of hydrogen-bond donors (Lipinski definition) is 1. The Morgan fingerprint density at radius 1 is 1.09 bits per heavy atom. The molecule has 2 aromatic carbocycles. The van der Waals surface area contributed by atoms with E-state index in [0.717, 1.165) is 44.3 Å². The normalized spacial score (nSPS) is 16.3. The molecule has 1 fully saturated rings. The molecule has 0 atom stereocenters. The highest BCUT2D eigenvalue weighted by Crippen LogP contribution is 2.35. The van der Waals surface area contributed by atoms with Crippen molar-refractivity contribution in [3.8, 4) is 11.5 Å². The molecule has 1 N–H and O–H groups in total. The van der Waals surface area contributed by atoms with E-state index in [4.69, 9.17) is 21.1 Å². The zero-order valence-electron chi connectivity index (χ0n) is 18.1. The SMILES string of the molecule is O=C(Nc1ccc2c(c1)N(CCCCOc1ccc(Cl)cc1)C(=O)CO2)C1CCCCC1. The number of carbonyl (C=O) groups excluding carboxylic acids is 2. The third kappa shape index (κ3) is 5.74. The van der Waals surface area contributed by atoms with Crippen molar-refractivity contribution in [1.82, 2.24) is 0 Å². The monoisotopic (exact) mass is 456 g/mol. The van der Waals surface area contributed by atoms with E-state index >= 15 is 0 Å². The Morgan fingerprint density at radius 3 is 2.66 bits per heavy atom. The highest BCUT2D eigenvalue weighted by molar-refractivity contribution is 6.30. The van der Waals surface area contributed by atoms with Crippen LogP contribution in [0.3, 0.4) is 0 Å². The highest BCUT2D eigenvalue weighted by Gasteiger charge is 2.26. The Bertz CT molecular complexity index is 941.